The fourth-order valence-corrected chi connectivity index (χ4v) is 2.34. The molecule has 144 valence electrons. The molecule has 2 aromatic rings. The van der Waals surface area contributed by atoms with Crippen molar-refractivity contribution in [2.24, 2.45) is 0 Å². The summed E-state index contributed by atoms with van der Waals surface area (Å²) in [5, 5.41) is 5.67. The average Bonchev–Trinajstić information content (AvgIpc) is 2.61. The highest BCUT2D eigenvalue weighted by Gasteiger charge is 2.21. The lowest BCUT2D eigenvalue weighted by atomic mass is 10.1. The molecule has 2 aromatic carbocycles. The van der Waals surface area contributed by atoms with Crippen molar-refractivity contribution < 1.29 is 19.1 Å². The smallest absolute Gasteiger partial charge is 0.265 e. The van der Waals surface area contributed by atoms with Crippen molar-refractivity contribution in [3.8, 4) is 11.5 Å². The minimum absolute atomic E-state index is 0.248. The number of para-hydroxylation sites is 1. The quantitative estimate of drug-likeness (QED) is 0.814. The number of amides is 2. The molecule has 2 rings (SSSR count). The van der Waals surface area contributed by atoms with Gasteiger partial charge in [-0.25, -0.2) is 0 Å². The largest absolute Gasteiger partial charge is 0.497 e. The second kappa shape index (κ2) is 8.58. The summed E-state index contributed by atoms with van der Waals surface area (Å²) in [7, 11) is 1.58. The van der Waals surface area contributed by atoms with E-state index < -0.39 is 6.10 Å². The normalized spacial score (nSPS) is 12.0. The Morgan fingerprint density at radius 1 is 0.963 bits per heavy atom. The molecule has 0 saturated heterocycles. The van der Waals surface area contributed by atoms with Gasteiger partial charge in [-0.1, -0.05) is 12.1 Å². The lowest BCUT2D eigenvalue weighted by molar-refractivity contribution is -0.122. The summed E-state index contributed by atoms with van der Waals surface area (Å²) < 4.78 is 10.8. The Bertz CT molecular complexity index is 795. The van der Waals surface area contributed by atoms with Crippen LogP contribution in [0.5, 0.6) is 11.5 Å². The van der Waals surface area contributed by atoms with Crippen molar-refractivity contribution in [2.45, 2.75) is 39.3 Å². The summed E-state index contributed by atoms with van der Waals surface area (Å²) in [6.45, 7) is 7.35. The van der Waals surface area contributed by atoms with Crippen molar-refractivity contribution in [3.63, 3.8) is 0 Å². The first-order valence-electron chi connectivity index (χ1n) is 8.73. The first kappa shape index (κ1) is 20.3. The van der Waals surface area contributed by atoms with Gasteiger partial charge in [0.25, 0.3) is 11.8 Å². The highest BCUT2D eigenvalue weighted by atomic mass is 16.5. The Hall–Kier alpha value is -3.02. The molecule has 0 heterocycles. The van der Waals surface area contributed by atoms with Crippen molar-refractivity contribution in [2.75, 3.05) is 12.4 Å². The number of ether oxygens (including phenoxy) is 2. The van der Waals surface area contributed by atoms with Crippen molar-refractivity contribution in [1.82, 2.24) is 5.32 Å². The van der Waals surface area contributed by atoms with Crippen LogP contribution in [0.4, 0.5) is 5.69 Å². The summed E-state index contributed by atoms with van der Waals surface area (Å²) in [6, 6.07) is 13.9. The molecular weight excluding hydrogens is 344 g/mol. The summed E-state index contributed by atoms with van der Waals surface area (Å²) in [4.78, 5) is 25.0. The SMILES string of the molecule is COc1ccc(OC(C)C(=O)Nc2ccccc2C(=O)NC(C)(C)C)cc1. The molecule has 0 aliphatic carbocycles. The third-order valence-electron chi connectivity index (χ3n) is 3.66. The molecule has 0 spiro atoms. The highest BCUT2D eigenvalue weighted by molar-refractivity contribution is 6.04. The number of rotatable bonds is 6. The highest BCUT2D eigenvalue weighted by Crippen LogP contribution is 2.20. The molecule has 27 heavy (non-hydrogen) atoms. The predicted octanol–water partition coefficient (Wildman–Crippen LogP) is 3.63. The molecule has 0 bridgehead atoms. The Morgan fingerprint density at radius 2 is 1.56 bits per heavy atom. The zero-order chi connectivity index (χ0) is 20.0. The summed E-state index contributed by atoms with van der Waals surface area (Å²) >= 11 is 0. The molecule has 0 aromatic heterocycles. The van der Waals surface area contributed by atoms with E-state index in [1.54, 1.807) is 62.6 Å². The predicted molar refractivity (Wildman–Crippen MR) is 105 cm³/mol. The number of methoxy groups -OCH3 is 1. The van der Waals surface area contributed by atoms with Gasteiger partial charge in [0.2, 0.25) is 0 Å². The van der Waals surface area contributed by atoms with E-state index in [1.807, 2.05) is 20.8 Å². The van der Waals surface area contributed by atoms with E-state index >= 15 is 0 Å². The Balaban J connectivity index is 2.07. The van der Waals surface area contributed by atoms with Gasteiger partial charge in [-0.3, -0.25) is 9.59 Å². The second-order valence-corrected chi connectivity index (χ2v) is 7.17. The maximum atomic E-state index is 12.5. The van der Waals surface area contributed by atoms with Gasteiger partial charge in [0.1, 0.15) is 11.5 Å². The monoisotopic (exact) mass is 370 g/mol. The average molecular weight is 370 g/mol. The third-order valence-corrected chi connectivity index (χ3v) is 3.66. The maximum Gasteiger partial charge on any atom is 0.265 e. The molecule has 6 heteroatoms. The van der Waals surface area contributed by atoms with Crippen molar-refractivity contribution in [1.29, 1.82) is 0 Å². The van der Waals surface area contributed by atoms with E-state index in [9.17, 15) is 9.59 Å². The Morgan fingerprint density at radius 3 is 2.15 bits per heavy atom. The number of nitrogens with one attached hydrogen (secondary N) is 2. The molecule has 6 nitrogen and oxygen atoms in total. The van der Waals surface area contributed by atoms with Crippen LogP contribution in [-0.4, -0.2) is 30.6 Å². The van der Waals surface area contributed by atoms with E-state index in [0.29, 0.717) is 22.7 Å². The van der Waals surface area contributed by atoms with E-state index in [-0.39, 0.29) is 17.4 Å². The molecular formula is C21H26N2O4. The van der Waals surface area contributed by atoms with E-state index in [0.717, 1.165) is 0 Å². The molecule has 0 fully saturated rings. The lowest BCUT2D eigenvalue weighted by Gasteiger charge is -2.22. The van der Waals surface area contributed by atoms with Gasteiger partial charge in [-0.2, -0.15) is 0 Å². The van der Waals surface area contributed by atoms with E-state index in [2.05, 4.69) is 10.6 Å². The van der Waals surface area contributed by atoms with Gasteiger partial charge in [0.15, 0.2) is 6.10 Å². The molecule has 1 unspecified atom stereocenters. The number of hydrogen-bond acceptors (Lipinski definition) is 4. The minimum atomic E-state index is -0.739. The maximum absolute atomic E-state index is 12.5. The Kier molecular flexibility index (Phi) is 6.45. The van der Waals surface area contributed by atoms with E-state index in [1.165, 1.54) is 0 Å². The fourth-order valence-electron chi connectivity index (χ4n) is 2.34. The van der Waals surface area contributed by atoms with Crippen LogP contribution in [0.1, 0.15) is 38.1 Å². The van der Waals surface area contributed by atoms with Crippen LogP contribution in [0.15, 0.2) is 48.5 Å². The number of anilines is 1. The number of benzene rings is 2. The molecule has 2 N–H and O–H groups in total. The van der Waals surface area contributed by atoms with Gasteiger partial charge in [0, 0.05) is 5.54 Å². The Labute approximate surface area is 159 Å². The van der Waals surface area contributed by atoms with Crippen LogP contribution in [0.2, 0.25) is 0 Å². The lowest BCUT2D eigenvalue weighted by Crippen LogP contribution is -2.41. The number of carbonyl (C=O) groups is 2. The van der Waals surface area contributed by atoms with Crippen molar-refractivity contribution in [3.05, 3.63) is 54.1 Å². The number of hydrogen-bond donors (Lipinski definition) is 2. The summed E-state index contributed by atoms with van der Waals surface area (Å²) in [5.74, 6) is 0.666. The molecule has 0 aliphatic heterocycles. The van der Waals surface area contributed by atoms with Gasteiger partial charge in [0.05, 0.1) is 18.4 Å². The van der Waals surface area contributed by atoms with Gasteiger partial charge >= 0.3 is 0 Å². The zero-order valence-corrected chi connectivity index (χ0v) is 16.3. The number of carbonyl (C=O) groups excluding carboxylic acids is 2. The van der Waals surface area contributed by atoms with E-state index in [4.69, 9.17) is 9.47 Å². The van der Waals surface area contributed by atoms with Crippen LogP contribution in [0.25, 0.3) is 0 Å². The molecule has 0 aliphatic rings. The topological polar surface area (TPSA) is 76.7 Å². The third kappa shape index (κ3) is 6.02. The van der Waals surface area contributed by atoms with Crippen molar-refractivity contribution >= 4 is 17.5 Å². The first-order valence-corrected chi connectivity index (χ1v) is 8.73. The minimum Gasteiger partial charge on any atom is -0.497 e. The molecule has 0 radical (unpaired) electrons. The summed E-state index contributed by atoms with van der Waals surface area (Å²) in [6.07, 6.45) is -0.739. The molecule has 0 saturated carbocycles. The van der Waals surface area contributed by atoms with Gasteiger partial charge in [-0.05, 0) is 64.1 Å². The molecule has 1 atom stereocenters. The summed E-state index contributed by atoms with van der Waals surface area (Å²) in [5.41, 5.74) is 0.464. The standard InChI is InChI=1S/C21H26N2O4/c1-14(27-16-12-10-15(26-5)11-13-16)19(24)22-18-9-7-6-8-17(18)20(25)23-21(2,3)4/h6-14H,1-5H3,(H,22,24)(H,23,25). The second-order valence-electron chi connectivity index (χ2n) is 7.17. The van der Waals surface area contributed by atoms with Crippen LogP contribution in [0.3, 0.4) is 0 Å². The van der Waals surface area contributed by atoms with Crippen LogP contribution in [-0.2, 0) is 4.79 Å². The first-order chi connectivity index (χ1) is 12.7. The molecule has 2 amide bonds. The van der Waals surface area contributed by atoms with Gasteiger partial charge in [-0.15, -0.1) is 0 Å². The van der Waals surface area contributed by atoms with Crippen LogP contribution >= 0.6 is 0 Å². The zero-order valence-electron chi connectivity index (χ0n) is 16.3. The van der Waals surface area contributed by atoms with Crippen LogP contribution in [0, 0.1) is 0 Å². The fraction of sp³-hybridized carbons (Fsp3) is 0.333. The van der Waals surface area contributed by atoms with Crippen LogP contribution < -0.4 is 20.1 Å². The van der Waals surface area contributed by atoms with Gasteiger partial charge < -0.3 is 20.1 Å².